The summed E-state index contributed by atoms with van der Waals surface area (Å²) in [5, 5.41) is 3.49. The number of benzene rings is 2. The highest BCUT2D eigenvalue weighted by Crippen LogP contribution is 2.26. The van der Waals surface area contributed by atoms with Crippen LogP contribution in [0.5, 0.6) is 0 Å². The predicted molar refractivity (Wildman–Crippen MR) is 133 cm³/mol. The van der Waals surface area contributed by atoms with E-state index in [1.165, 1.54) is 4.90 Å². The van der Waals surface area contributed by atoms with Crippen LogP contribution in [0.4, 0.5) is 5.69 Å². The van der Waals surface area contributed by atoms with Crippen LogP contribution >= 0.6 is 23.2 Å². The first kappa shape index (κ1) is 27.0. The Hall–Kier alpha value is -2.29. The number of hydrogen-bond donors (Lipinski definition) is 1. The Bertz CT molecular complexity index is 1140. The summed E-state index contributed by atoms with van der Waals surface area (Å²) in [4.78, 5) is 27.4. The Morgan fingerprint density at radius 2 is 1.79 bits per heavy atom. The molecule has 2 amide bonds. The molecule has 2 rings (SSSR count). The topological polar surface area (TPSA) is 86.8 Å². The quantitative estimate of drug-likeness (QED) is 0.550. The van der Waals surface area contributed by atoms with Gasteiger partial charge in [0.25, 0.3) is 0 Å². The number of hydrogen-bond acceptors (Lipinski definition) is 4. The van der Waals surface area contributed by atoms with Crippen molar-refractivity contribution in [1.29, 1.82) is 0 Å². The molecule has 0 saturated heterocycles. The highest BCUT2D eigenvalue weighted by molar-refractivity contribution is 7.92. The Balaban J connectivity index is 2.46. The fourth-order valence-corrected chi connectivity index (χ4v) is 4.71. The largest absolute Gasteiger partial charge is 0.355 e. The van der Waals surface area contributed by atoms with Crippen LogP contribution in [0.15, 0.2) is 36.4 Å². The van der Waals surface area contributed by atoms with Crippen molar-refractivity contribution in [1.82, 2.24) is 10.2 Å². The Morgan fingerprint density at radius 1 is 1.12 bits per heavy atom. The molecule has 7 nitrogen and oxygen atoms in total. The van der Waals surface area contributed by atoms with Gasteiger partial charge in [-0.1, -0.05) is 41.4 Å². The maximum absolute atomic E-state index is 13.5. The van der Waals surface area contributed by atoms with Crippen LogP contribution in [-0.4, -0.2) is 50.5 Å². The average molecular weight is 514 g/mol. The van der Waals surface area contributed by atoms with Gasteiger partial charge >= 0.3 is 0 Å². The molecule has 2 aromatic carbocycles. The molecule has 0 saturated carbocycles. The van der Waals surface area contributed by atoms with Gasteiger partial charge in [-0.15, -0.1) is 0 Å². The molecule has 0 aromatic heterocycles. The van der Waals surface area contributed by atoms with Crippen LogP contribution in [0.25, 0.3) is 0 Å². The summed E-state index contributed by atoms with van der Waals surface area (Å²) in [6.07, 6.45) is 1.05. The zero-order valence-corrected chi connectivity index (χ0v) is 21.7. The highest BCUT2D eigenvalue weighted by Gasteiger charge is 2.30. The van der Waals surface area contributed by atoms with Crippen LogP contribution in [0.2, 0.25) is 10.0 Å². The van der Waals surface area contributed by atoms with Crippen molar-refractivity contribution in [2.75, 3.05) is 23.7 Å². The smallest absolute Gasteiger partial charge is 0.244 e. The maximum Gasteiger partial charge on any atom is 0.244 e. The number of rotatable bonds is 9. The molecule has 0 aliphatic heterocycles. The number of nitrogens with one attached hydrogen (secondary N) is 1. The van der Waals surface area contributed by atoms with Crippen molar-refractivity contribution in [3.8, 4) is 0 Å². The SMILES string of the molecule is CCNC(=O)[C@H](C)N(Cc1ccc(Cl)cc1Cl)C(=O)CN(c1cccc(C)c1C)S(C)(=O)=O. The minimum atomic E-state index is -3.79. The maximum atomic E-state index is 13.5. The van der Waals surface area contributed by atoms with E-state index in [9.17, 15) is 18.0 Å². The normalized spacial score (nSPS) is 12.2. The van der Waals surface area contributed by atoms with E-state index in [1.54, 1.807) is 51.1 Å². The van der Waals surface area contributed by atoms with Crippen molar-refractivity contribution >= 4 is 50.7 Å². The predicted octanol–water partition coefficient (Wildman–Crippen LogP) is 3.93. The van der Waals surface area contributed by atoms with Crippen LogP contribution in [0.1, 0.15) is 30.5 Å². The lowest BCUT2D eigenvalue weighted by Crippen LogP contribution is -2.51. The average Bonchev–Trinajstić information content (AvgIpc) is 2.72. The second-order valence-corrected chi connectivity index (χ2v) is 10.6. The number of sulfonamides is 1. The molecule has 180 valence electrons. The monoisotopic (exact) mass is 513 g/mol. The van der Waals surface area contributed by atoms with E-state index >= 15 is 0 Å². The Labute approximate surface area is 205 Å². The lowest BCUT2D eigenvalue weighted by Gasteiger charge is -2.32. The molecule has 0 heterocycles. The summed E-state index contributed by atoms with van der Waals surface area (Å²) in [7, 11) is -3.79. The van der Waals surface area contributed by atoms with Crippen LogP contribution in [0.3, 0.4) is 0 Å². The minimum Gasteiger partial charge on any atom is -0.355 e. The number of carbonyl (C=O) groups excluding carboxylic acids is 2. The first-order valence-electron chi connectivity index (χ1n) is 10.4. The van der Waals surface area contributed by atoms with Crippen molar-refractivity contribution < 1.29 is 18.0 Å². The van der Waals surface area contributed by atoms with Gasteiger partial charge in [-0.05, 0) is 62.6 Å². The van der Waals surface area contributed by atoms with Crippen molar-refractivity contribution in [2.24, 2.45) is 0 Å². The van der Waals surface area contributed by atoms with Gasteiger partial charge in [0.2, 0.25) is 21.8 Å². The number of aryl methyl sites for hydroxylation is 1. The summed E-state index contributed by atoms with van der Waals surface area (Å²) in [6.45, 7) is 6.98. The summed E-state index contributed by atoms with van der Waals surface area (Å²) in [6, 6.07) is 9.27. The number of anilines is 1. The summed E-state index contributed by atoms with van der Waals surface area (Å²) < 4.78 is 26.4. The highest BCUT2D eigenvalue weighted by atomic mass is 35.5. The fraction of sp³-hybridized carbons (Fsp3) is 0.391. The number of likely N-dealkylation sites (N-methyl/N-ethyl adjacent to an activating group) is 1. The van der Waals surface area contributed by atoms with E-state index < -0.39 is 28.5 Å². The third-order valence-electron chi connectivity index (χ3n) is 5.40. The van der Waals surface area contributed by atoms with Gasteiger partial charge in [0, 0.05) is 23.1 Å². The van der Waals surface area contributed by atoms with Gasteiger partial charge in [-0.25, -0.2) is 8.42 Å². The minimum absolute atomic E-state index is 0.0114. The molecule has 0 aliphatic rings. The molecule has 1 N–H and O–H groups in total. The van der Waals surface area contributed by atoms with Crippen LogP contribution in [0, 0.1) is 13.8 Å². The second kappa shape index (κ2) is 11.2. The van der Waals surface area contributed by atoms with E-state index in [0.717, 1.165) is 21.7 Å². The lowest BCUT2D eigenvalue weighted by atomic mass is 10.1. The second-order valence-electron chi connectivity index (χ2n) is 7.82. The van der Waals surface area contributed by atoms with E-state index in [-0.39, 0.29) is 12.5 Å². The third kappa shape index (κ3) is 6.85. The molecule has 33 heavy (non-hydrogen) atoms. The van der Waals surface area contributed by atoms with Gasteiger partial charge in [-0.2, -0.15) is 0 Å². The molecule has 0 bridgehead atoms. The zero-order chi connectivity index (χ0) is 24.9. The fourth-order valence-electron chi connectivity index (χ4n) is 3.34. The van der Waals surface area contributed by atoms with Crippen molar-refractivity contribution in [2.45, 2.75) is 40.3 Å². The Morgan fingerprint density at radius 3 is 2.36 bits per heavy atom. The van der Waals surface area contributed by atoms with E-state index in [4.69, 9.17) is 23.2 Å². The molecule has 2 aromatic rings. The van der Waals surface area contributed by atoms with E-state index in [1.807, 2.05) is 13.0 Å². The van der Waals surface area contributed by atoms with Gasteiger partial charge in [0.15, 0.2) is 0 Å². The van der Waals surface area contributed by atoms with E-state index in [0.29, 0.717) is 27.8 Å². The molecule has 0 aliphatic carbocycles. The molecular weight excluding hydrogens is 485 g/mol. The van der Waals surface area contributed by atoms with Crippen LogP contribution in [-0.2, 0) is 26.2 Å². The molecule has 10 heteroatoms. The van der Waals surface area contributed by atoms with Gasteiger partial charge in [0.05, 0.1) is 11.9 Å². The standard InChI is InChI=1S/C23H29Cl2N3O4S/c1-6-26-23(30)17(4)27(13-18-10-11-19(24)12-20(18)25)22(29)14-28(33(5,31)32)21-9-7-8-15(2)16(21)3/h7-12,17H,6,13-14H2,1-5H3,(H,26,30)/t17-/m0/s1. The number of halogens is 2. The molecule has 0 unspecified atom stereocenters. The lowest BCUT2D eigenvalue weighted by molar-refractivity contribution is -0.139. The molecule has 0 radical (unpaired) electrons. The third-order valence-corrected chi connectivity index (χ3v) is 7.11. The molecule has 1 atom stereocenters. The first-order valence-corrected chi connectivity index (χ1v) is 13.0. The molecule has 0 spiro atoms. The first-order chi connectivity index (χ1) is 15.4. The van der Waals surface area contributed by atoms with Gasteiger partial charge < -0.3 is 10.2 Å². The van der Waals surface area contributed by atoms with Crippen molar-refractivity contribution in [3.05, 3.63) is 63.1 Å². The summed E-state index contributed by atoms with van der Waals surface area (Å²) in [5.41, 5.74) is 2.65. The van der Waals surface area contributed by atoms with Crippen LogP contribution < -0.4 is 9.62 Å². The van der Waals surface area contributed by atoms with E-state index in [2.05, 4.69) is 5.32 Å². The Kier molecular flexibility index (Phi) is 9.17. The number of carbonyl (C=O) groups is 2. The van der Waals surface area contributed by atoms with Crippen molar-refractivity contribution in [3.63, 3.8) is 0 Å². The molecular formula is C23H29Cl2N3O4S. The summed E-state index contributed by atoms with van der Waals surface area (Å²) in [5.74, 6) is -0.889. The zero-order valence-electron chi connectivity index (χ0n) is 19.4. The number of nitrogens with zero attached hydrogens (tertiary/aromatic N) is 2. The van der Waals surface area contributed by atoms with Gasteiger partial charge in [-0.3, -0.25) is 13.9 Å². The number of amides is 2. The summed E-state index contributed by atoms with van der Waals surface area (Å²) >= 11 is 12.3. The molecule has 0 fully saturated rings. The van der Waals surface area contributed by atoms with Gasteiger partial charge in [0.1, 0.15) is 12.6 Å².